The lowest BCUT2D eigenvalue weighted by atomic mass is 10.2. The van der Waals surface area contributed by atoms with Crippen LogP contribution in [-0.2, 0) is 4.79 Å². The van der Waals surface area contributed by atoms with Crippen molar-refractivity contribution in [3.63, 3.8) is 0 Å². The van der Waals surface area contributed by atoms with Gasteiger partial charge in [0.1, 0.15) is 5.70 Å². The number of carbonyl (C=O) groups is 1. The third-order valence-corrected chi connectivity index (χ3v) is 1.53. The fraction of sp³-hybridized carbons (Fsp3) is 0.500. The Morgan fingerprint density at radius 3 is 3.09 bits per heavy atom. The topological polar surface area (TPSA) is 41.5 Å². The Bertz CT molecular complexity index is 206. The Kier molecular flexibility index (Phi) is 2.83. The number of carbonyl (C=O) groups excluding carboxylic acids is 1. The van der Waals surface area contributed by atoms with Gasteiger partial charge in [-0.1, -0.05) is 19.4 Å². The molecule has 0 saturated heterocycles. The summed E-state index contributed by atoms with van der Waals surface area (Å²) in [5, 5.41) is 2.50. The predicted octanol–water partition coefficient (Wildman–Crippen LogP) is 1.22. The minimum atomic E-state index is -0.0823. The van der Waals surface area contributed by atoms with Crippen molar-refractivity contribution in [2.45, 2.75) is 26.2 Å². The molecule has 0 aromatic heterocycles. The number of unbranched alkanes of at least 4 members (excludes halogenated alkanes) is 2. The lowest BCUT2D eigenvalue weighted by Crippen LogP contribution is -2.14. The van der Waals surface area contributed by atoms with Crippen molar-refractivity contribution in [2.75, 3.05) is 0 Å². The molecular formula is C8H12N2O. The molecule has 3 heteroatoms. The predicted molar refractivity (Wildman–Crippen MR) is 44.2 cm³/mol. The Hall–Kier alpha value is -1.12. The second kappa shape index (κ2) is 3.91. The maximum atomic E-state index is 10.9. The first kappa shape index (κ1) is 7.98. The van der Waals surface area contributed by atoms with E-state index < -0.39 is 0 Å². The number of nitrogens with zero attached hydrogens (tertiary/aromatic N) is 1. The number of nitrogens with one attached hydrogen (secondary N) is 1. The zero-order valence-corrected chi connectivity index (χ0v) is 6.63. The first-order chi connectivity index (χ1) is 5.34. The molecular weight excluding hydrogens is 140 g/mol. The molecule has 1 aliphatic rings. The van der Waals surface area contributed by atoms with Crippen molar-refractivity contribution < 1.29 is 4.79 Å². The first-order valence-electron chi connectivity index (χ1n) is 3.88. The Balaban J connectivity index is 2.39. The Morgan fingerprint density at radius 1 is 1.73 bits per heavy atom. The standard InChI is InChI=1S/C8H12N2O/c1-2-3-4-5-7-8(11)10-6-9-7/h5-6H,2-4H2,1H3,(H,9,10,11). The highest BCUT2D eigenvalue weighted by atomic mass is 16.2. The third-order valence-electron chi connectivity index (χ3n) is 1.53. The van der Waals surface area contributed by atoms with Gasteiger partial charge in [0.25, 0.3) is 5.91 Å². The van der Waals surface area contributed by atoms with Gasteiger partial charge in [0.05, 0.1) is 6.34 Å². The van der Waals surface area contributed by atoms with E-state index in [4.69, 9.17) is 0 Å². The number of hydrogen-bond donors (Lipinski definition) is 1. The number of allylic oxidation sites excluding steroid dienone is 1. The molecule has 0 aromatic rings. The Labute approximate surface area is 66.2 Å². The molecule has 0 radical (unpaired) electrons. The number of aliphatic imine (C=N–C) groups is 1. The van der Waals surface area contributed by atoms with Crippen molar-refractivity contribution in [2.24, 2.45) is 4.99 Å². The highest BCUT2D eigenvalue weighted by molar-refractivity contribution is 6.05. The van der Waals surface area contributed by atoms with Crippen molar-refractivity contribution in [1.29, 1.82) is 0 Å². The van der Waals surface area contributed by atoms with Crippen LogP contribution in [0, 0.1) is 0 Å². The van der Waals surface area contributed by atoms with Crippen molar-refractivity contribution in [3.8, 4) is 0 Å². The molecule has 1 rings (SSSR count). The average molecular weight is 152 g/mol. The maximum absolute atomic E-state index is 10.9. The van der Waals surface area contributed by atoms with Crippen LogP contribution in [0.2, 0.25) is 0 Å². The van der Waals surface area contributed by atoms with Crippen molar-refractivity contribution in [3.05, 3.63) is 11.8 Å². The SMILES string of the molecule is CCCCC=C1N=CNC1=O. The second-order valence-corrected chi connectivity index (χ2v) is 2.46. The third kappa shape index (κ3) is 2.18. The van der Waals surface area contributed by atoms with Crippen LogP contribution in [0.4, 0.5) is 0 Å². The van der Waals surface area contributed by atoms with E-state index >= 15 is 0 Å². The van der Waals surface area contributed by atoms with Crippen molar-refractivity contribution in [1.82, 2.24) is 5.32 Å². The van der Waals surface area contributed by atoms with E-state index in [-0.39, 0.29) is 5.91 Å². The van der Waals surface area contributed by atoms with E-state index in [2.05, 4.69) is 17.2 Å². The molecule has 0 saturated carbocycles. The summed E-state index contributed by atoms with van der Waals surface area (Å²) in [6.07, 6.45) is 6.51. The second-order valence-electron chi connectivity index (χ2n) is 2.46. The van der Waals surface area contributed by atoms with E-state index in [0.29, 0.717) is 5.70 Å². The van der Waals surface area contributed by atoms with Crippen LogP contribution >= 0.6 is 0 Å². The fourth-order valence-corrected chi connectivity index (χ4v) is 0.881. The van der Waals surface area contributed by atoms with Gasteiger partial charge in [-0.25, -0.2) is 4.99 Å². The lowest BCUT2D eigenvalue weighted by molar-refractivity contribution is -0.115. The minimum Gasteiger partial charge on any atom is -0.311 e. The van der Waals surface area contributed by atoms with Crippen molar-refractivity contribution >= 4 is 12.2 Å². The number of amides is 1. The van der Waals surface area contributed by atoms with E-state index in [1.165, 1.54) is 6.34 Å². The Morgan fingerprint density at radius 2 is 2.55 bits per heavy atom. The van der Waals surface area contributed by atoms with Crippen LogP contribution in [0.5, 0.6) is 0 Å². The van der Waals surface area contributed by atoms with Crippen LogP contribution in [-0.4, -0.2) is 12.2 Å². The van der Waals surface area contributed by atoms with Gasteiger partial charge in [-0.15, -0.1) is 0 Å². The highest BCUT2D eigenvalue weighted by Gasteiger charge is 2.10. The number of hydrogen-bond acceptors (Lipinski definition) is 2. The van der Waals surface area contributed by atoms with Gasteiger partial charge in [-0.3, -0.25) is 4.79 Å². The zero-order valence-electron chi connectivity index (χ0n) is 6.63. The summed E-state index contributed by atoms with van der Waals surface area (Å²) in [6.45, 7) is 2.12. The summed E-state index contributed by atoms with van der Waals surface area (Å²) in [4.78, 5) is 14.7. The monoisotopic (exact) mass is 152 g/mol. The van der Waals surface area contributed by atoms with Crippen LogP contribution in [0.3, 0.4) is 0 Å². The van der Waals surface area contributed by atoms with Gasteiger partial charge in [-0.2, -0.15) is 0 Å². The summed E-state index contributed by atoms with van der Waals surface area (Å²) >= 11 is 0. The molecule has 60 valence electrons. The molecule has 0 aliphatic carbocycles. The normalized spacial score (nSPS) is 19.4. The van der Waals surface area contributed by atoms with Gasteiger partial charge in [-0.05, 0) is 12.8 Å². The molecule has 1 amide bonds. The summed E-state index contributed by atoms with van der Waals surface area (Å²) in [7, 11) is 0. The minimum absolute atomic E-state index is 0.0823. The molecule has 0 unspecified atom stereocenters. The zero-order chi connectivity index (χ0) is 8.10. The van der Waals surface area contributed by atoms with Crippen LogP contribution in [0.25, 0.3) is 0 Å². The molecule has 1 N–H and O–H groups in total. The summed E-state index contributed by atoms with van der Waals surface area (Å²) in [6, 6.07) is 0. The van der Waals surface area contributed by atoms with Gasteiger partial charge in [0, 0.05) is 0 Å². The molecule has 0 spiro atoms. The van der Waals surface area contributed by atoms with E-state index in [1.807, 2.05) is 6.08 Å². The molecule has 3 nitrogen and oxygen atoms in total. The first-order valence-corrected chi connectivity index (χ1v) is 3.88. The van der Waals surface area contributed by atoms with E-state index in [1.54, 1.807) is 0 Å². The van der Waals surface area contributed by atoms with E-state index in [9.17, 15) is 4.79 Å². The molecule has 0 bridgehead atoms. The maximum Gasteiger partial charge on any atom is 0.274 e. The molecule has 1 heterocycles. The van der Waals surface area contributed by atoms with Crippen LogP contribution in [0.1, 0.15) is 26.2 Å². The van der Waals surface area contributed by atoms with Crippen LogP contribution < -0.4 is 5.32 Å². The smallest absolute Gasteiger partial charge is 0.274 e. The molecule has 0 atom stereocenters. The van der Waals surface area contributed by atoms with E-state index in [0.717, 1.165) is 19.3 Å². The van der Waals surface area contributed by atoms with Crippen LogP contribution in [0.15, 0.2) is 16.8 Å². The van der Waals surface area contributed by atoms with Gasteiger partial charge < -0.3 is 5.32 Å². The molecule has 1 aliphatic heterocycles. The number of rotatable bonds is 3. The molecule has 0 fully saturated rings. The largest absolute Gasteiger partial charge is 0.311 e. The fourth-order valence-electron chi connectivity index (χ4n) is 0.881. The molecule has 11 heavy (non-hydrogen) atoms. The molecule has 0 aromatic carbocycles. The lowest BCUT2D eigenvalue weighted by Gasteiger charge is -1.90. The summed E-state index contributed by atoms with van der Waals surface area (Å²) in [5.41, 5.74) is 0.554. The van der Waals surface area contributed by atoms with Gasteiger partial charge >= 0.3 is 0 Å². The average Bonchev–Trinajstić information content (AvgIpc) is 2.37. The summed E-state index contributed by atoms with van der Waals surface area (Å²) in [5.74, 6) is -0.0823. The summed E-state index contributed by atoms with van der Waals surface area (Å²) < 4.78 is 0. The highest BCUT2D eigenvalue weighted by Crippen LogP contribution is 2.04. The van der Waals surface area contributed by atoms with Gasteiger partial charge in [0.2, 0.25) is 0 Å². The quantitative estimate of drug-likeness (QED) is 0.479. The van der Waals surface area contributed by atoms with Gasteiger partial charge in [0.15, 0.2) is 0 Å².